The largest absolute Gasteiger partial charge is 0.399 e. The molecule has 20 heavy (non-hydrogen) atoms. The third-order valence-corrected chi connectivity index (χ3v) is 4.30. The maximum atomic E-state index is 13.7. The summed E-state index contributed by atoms with van der Waals surface area (Å²) < 4.78 is 38.8. The number of hydrogen-bond donors (Lipinski definition) is 2. The smallest absolute Gasteiger partial charge is 0.246 e. The van der Waals surface area contributed by atoms with Gasteiger partial charge in [-0.05, 0) is 32.0 Å². The van der Waals surface area contributed by atoms with Crippen molar-refractivity contribution in [2.24, 2.45) is 0 Å². The number of hydrogen-bond acceptors (Lipinski definition) is 4. The first-order valence-corrected chi connectivity index (χ1v) is 7.39. The maximum Gasteiger partial charge on any atom is 0.246 e. The Morgan fingerprint density at radius 1 is 1.45 bits per heavy atom. The summed E-state index contributed by atoms with van der Waals surface area (Å²) in [6, 6.07) is 3.19. The van der Waals surface area contributed by atoms with E-state index in [9.17, 15) is 17.6 Å². The van der Waals surface area contributed by atoms with Gasteiger partial charge in [0.2, 0.25) is 15.9 Å². The highest BCUT2D eigenvalue weighted by atomic mass is 32.2. The average molecular weight is 303 g/mol. The van der Waals surface area contributed by atoms with Crippen LogP contribution in [0.15, 0.2) is 23.1 Å². The van der Waals surface area contributed by atoms with E-state index in [0.29, 0.717) is 0 Å². The molecule has 0 fully saturated rings. The topological polar surface area (TPSA) is 92.5 Å². The van der Waals surface area contributed by atoms with Crippen molar-refractivity contribution in [2.75, 3.05) is 19.3 Å². The number of nitrogens with two attached hydrogens (primary N) is 1. The summed E-state index contributed by atoms with van der Waals surface area (Å²) in [5, 5.41) is 2.56. The van der Waals surface area contributed by atoms with E-state index < -0.39 is 26.6 Å². The molecule has 1 aromatic rings. The van der Waals surface area contributed by atoms with E-state index in [1.807, 2.05) is 0 Å². The summed E-state index contributed by atoms with van der Waals surface area (Å²) in [6.45, 7) is 3.13. The van der Waals surface area contributed by atoms with Crippen LogP contribution in [0.25, 0.3) is 0 Å². The van der Waals surface area contributed by atoms with Crippen molar-refractivity contribution in [3.63, 3.8) is 0 Å². The minimum Gasteiger partial charge on any atom is -0.399 e. The zero-order valence-electron chi connectivity index (χ0n) is 11.6. The quantitative estimate of drug-likeness (QED) is 0.777. The van der Waals surface area contributed by atoms with Gasteiger partial charge in [0.25, 0.3) is 0 Å². The molecule has 0 saturated carbocycles. The molecular formula is C12H18FN3O3S. The number of carbonyl (C=O) groups excluding carboxylic acids is 1. The minimum absolute atomic E-state index is 0.105. The third kappa shape index (κ3) is 3.91. The fraction of sp³-hybridized carbons (Fsp3) is 0.417. The second-order valence-corrected chi connectivity index (χ2v) is 6.69. The SMILES string of the molecule is CC(C)NC(=O)CN(C)S(=O)(=O)c1ccc(N)cc1F. The molecule has 0 unspecified atom stereocenters. The van der Waals surface area contributed by atoms with Crippen molar-refractivity contribution < 1.29 is 17.6 Å². The van der Waals surface area contributed by atoms with Gasteiger partial charge in [0.1, 0.15) is 10.7 Å². The van der Waals surface area contributed by atoms with Gasteiger partial charge in [-0.3, -0.25) is 4.79 Å². The van der Waals surface area contributed by atoms with E-state index in [-0.39, 0.29) is 18.3 Å². The van der Waals surface area contributed by atoms with Gasteiger partial charge in [0.05, 0.1) is 6.54 Å². The Bertz CT molecular complexity index is 602. The number of nitrogens with zero attached hydrogens (tertiary/aromatic N) is 1. The maximum absolute atomic E-state index is 13.7. The lowest BCUT2D eigenvalue weighted by atomic mass is 10.3. The number of anilines is 1. The van der Waals surface area contributed by atoms with Gasteiger partial charge in [-0.25, -0.2) is 12.8 Å². The lowest BCUT2D eigenvalue weighted by molar-refractivity contribution is -0.121. The van der Waals surface area contributed by atoms with Crippen LogP contribution < -0.4 is 11.1 Å². The van der Waals surface area contributed by atoms with Crippen molar-refractivity contribution in [3.05, 3.63) is 24.0 Å². The van der Waals surface area contributed by atoms with E-state index in [0.717, 1.165) is 16.4 Å². The van der Waals surface area contributed by atoms with E-state index in [2.05, 4.69) is 5.32 Å². The average Bonchev–Trinajstić information content (AvgIpc) is 2.26. The molecule has 0 bridgehead atoms. The first kappa shape index (κ1) is 16.4. The minimum atomic E-state index is -4.08. The second-order valence-electron chi connectivity index (χ2n) is 4.67. The van der Waals surface area contributed by atoms with E-state index in [4.69, 9.17) is 5.73 Å². The van der Waals surface area contributed by atoms with Crippen molar-refractivity contribution in [1.82, 2.24) is 9.62 Å². The van der Waals surface area contributed by atoms with Crippen molar-refractivity contribution in [1.29, 1.82) is 0 Å². The zero-order chi connectivity index (χ0) is 15.5. The molecule has 0 aliphatic carbocycles. The highest BCUT2D eigenvalue weighted by Gasteiger charge is 2.26. The highest BCUT2D eigenvalue weighted by molar-refractivity contribution is 7.89. The van der Waals surface area contributed by atoms with Crippen LogP contribution in [0.5, 0.6) is 0 Å². The normalized spacial score (nSPS) is 11.9. The molecule has 3 N–H and O–H groups in total. The van der Waals surface area contributed by atoms with E-state index in [1.54, 1.807) is 13.8 Å². The molecule has 0 heterocycles. The summed E-state index contributed by atoms with van der Waals surface area (Å²) in [7, 11) is -2.86. The molecule has 1 rings (SSSR count). The Labute approximate surface area is 117 Å². The van der Waals surface area contributed by atoms with Gasteiger partial charge in [0, 0.05) is 18.8 Å². The fourth-order valence-corrected chi connectivity index (χ4v) is 2.72. The van der Waals surface area contributed by atoms with Crippen molar-refractivity contribution in [2.45, 2.75) is 24.8 Å². The molecule has 0 aromatic heterocycles. The Balaban J connectivity index is 2.95. The van der Waals surface area contributed by atoms with Gasteiger partial charge in [-0.15, -0.1) is 0 Å². The summed E-state index contributed by atoms with van der Waals surface area (Å²) in [4.78, 5) is 11.0. The van der Waals surface area contributed by atoms with Crippen LogP contribution in [0.2, 0.25) is 0 Å². The van der Waals surface area contributed by atoms with Crippen LogP contribution in [0, 0.1) is 5.82 Å². The Kier molecular flexibility index (Phi) is 5.07. The molecule has 1 aromatic carbocycles. The van der Waals surface area contributed by atoms with Crippen LogP contribution in [-0.4, -0.2) is 38.3 Å². The van der Waals surface area contributed by atoms with E-state index >= 15 is 0 Å². The molecule has 112 valence electrons. The number of nitrogens with one attached hydrogen (secondary N) is 1. The Morgan fingerprint density at radius 3 is 2.55 bits per heavy atom. The summed E-state index contributed by atoms with van der Waals surface area (Å²) >= 11 is 0. The van der Waals surface area contributed by atoms with E-state index in [1.165, 1.54) is 13.1 Å². The molecule has 0 spiro atoms. The number of likely N-dealkylation sites (N-methyl/N-ethyl adjacent to an activating group) is 1. The molecule has 6 nitrogen and oxygen atoms in total. The molecule has 0 atom stereocenters. The number of benzene rings is 1. The predicted molar refractivity (Wildman–Crippen MR) is 73.9 cm³/mol. The van der Waals surface area contributed by atoms with Crippen LogP contribution >= 0.6 is 0 Å². The monoisotopic (exact) mass is 303 g/mol. The number of sulfonamides is 1. The number of nitrogen functional groups attached to an aromatic ring is 1. The van der Waals surface area contributed by atoms with Crippen LogP contribution in [0.1, 0.15) is 13.8 Å². The predicted octanol–water partition coefficient (Wildman–Crippen LogP) is 0.553. The molecular weight excluding hydrogens is 285 g/mol. The molecule has 0 aliphatic rings. The molecule has 8 heteroatoms. The Morgan fingerprint density at radius 2 is 2.05 bits per heavy atom. The second kappa shape index (κ2) is 6.19. The number of rotatable bonds is 5. The van der Waals surface area contributed by atoms with Crippen molar-refractivity contribution >= 4 is 21.6 Å². The number of halogens is 1. The first-order chi connectivity index (χ1) is 9.14. The summed E-state index contributed by atoms with van der Waals surface area (Å²) in [6.07, 6.45) is 0. The van der Waals surface area contributed by atoms with Crippen LogP contribution in [0.4, 0.5) is 10.1 Å². The van der Waals surface area contributed by atoms with Gasteiger partial charge in [0.15, 0.2) is 0 Å². The van der Waals surface area contributed by atoms with Crippen LogP contribution in [0.3, 0.4) is 0 Å². The van der Waals surface area contributed by atoms with Crippen LogP contribution in [-0.2, 0) is 14.8 Å². The van der Waals surface area contributed by atoms with Gasteiger partial charge in [-0.2, -0.15) is 4.31 Å². The molecule has 0 radical (unpaired) electrons. The van der Waals surface area contributed by atoms with Gasteiger partial charge < -0.3 is 11.1 Å². The lowest BCUT2D eigenvalue weighted by Gasteiger charge is -2.18. The van der Waals surface area contributed by atoms with Gasteiger partial charge in [-0.1, -0.05) is 0 Å². The Hall–Kier alpha value is -1.67. The lowest BCUT2D eigenvalue weighted by Crippen LogP contribution is -2.41. The number of amides is 1. The fourth-order valence-electron chi connectivity index (χ4n) is 1.55. The summed E-state index contributed by atoms with van der Waals surface area (Å²) in [5.74, 6) is -1.40. The highest BCUT2D eigenvalue weighted by Crippen LogP contribution is 2.20. The molecule has 0 aliphatic heterocycles. The van der Waals surface area contributed by atoms with Gasteiger partial charge >= 0.3 is 0 Å². The summed E-state index contributed by atoms with van der Waals surface area (Å²) in [5.41, 5.74) is 5.50. The standard InChI is InChI=1S/C12H18FN3O3S/c1-8(2)15-12(17)7-16(3)20(18,19)11-5-4-9(14)6-10(11)13/h4-6,8H,7,14H2,1-3H3,(H,15,17). The molecule has 0 saturated heterocycles. The first-order valence-electron chi connectivity index (χ1n) is 5.95. The molecule has 1 amide bonds. The van der Waals surface area contributed by atoms with Crippen molar-refractivity contribution in [3.8, 4) is 0 Å². The third-order valence-electron chi connectivity index (χ3n) is 2.46. The zero-order valence-corrected chi connectivity index (χ0v) is 12.4. The number of carbonyl (C=O) groups is 1.